The summed E-state index contributed by atoms with van der Waals surface area (Å²) in [4.78, 5) is 29.0. The minimum absolute atomic E-state index is 0.0990. The molecule has 0 bridgehead atoms. The SMILES string of the molecule is CC(C(=O)N1CCN(CC2CCCC2)CC1)=C(C=Cc1ccccc1[N+](=O)[O-])C1CCCC1. The van der Waals surface area contributed by atoms with Crippen molar-refractivity contribution in [3.63, 3.8) is 0 Å². The summed E-state index contributed by atoms with van der Waals surface area (Å²) >= 11 is 0. The van der Waals surface area contributed by atoms with Gasteiger partial charge in [0.1, 0.15) is 0 Å². The first-order chi connectivity index (χ1) is 16.0. The van der Waals surface area contributed by atoms with Crippen LogP contribution in [-0.2, 0) is 4.79 Å². The van der Waals surface area contributed by atoms with Crippen molar-refractivity contribution in [1.82, 2.24) is 9.80 Å². The predicted octanol–water partition coefficient (Wildman–Crippen LogP) is 5.45. The van der Waals surface area contributed by atoms with Crippen LogP contribution in [-0.4, -0.2) is 53.4 Å². The smallest absolute Gasteiger partial charge is 0.276 e. The fourth-order valence-electron chi connectivity index (χ4n) is 5.83. The average Bonchev–Trinajstić information content (AvgIpc) is 3.54. The highest BCUT2D eigenvalue weighted by atomic mass is 16.6. The molecule has 178 valence electrons. The zero-order chi connectivity index (χ0) is 23.2. The Balaban J connectivity index is 1.48. The first kappa shape index (κ1) is 23.7. The molecule has 0 spiro atoms. The number of nitro groups is 1. The van der Waals surface area contributed by atoms with E-state index in [1.807, 2.05) is 30.0 Å². The van der Waals surface area contributed by atoms with Crippen molar-refractivity contribution in [3.8, 4) is 0 Å². The van der Waals surface area contributed by atoms with Gasteiger partial charge in [0, 0.05) is 44.4 Å². The molecule has 0 unspecified atom stereocenters. The lowest BCUT2D eigenvalue weighted by Gasteiger charge is -2.36. The molecule has 0 N–H and O–H groups in total. The molecule has 6 nitrogen and oxygen atoms in total. The number of allylic oxidation sites excluding steroid dienone is 2. The Morgan fingerprint density at radius 2 is 1.67 bits per heavy atom. The number of nitrogens with zero attached hydrogens (tertiary/aromatic N) is 3. The van der Waals surface area contributed by atoms with Crippen LogP contribution >= 0.6 is 0 Å². The van der Waals surface area contributed by atoms with Crippen molar-refractivity contribution in [2.45, 2.75) is 58.3 Å². The second-order valence-corrected chi connectivity index (χ2v) is 9.95. The summed E-state index contributed by atoms with van der Waals surface area (Å²) in [6, 6.07) is 6.79. The van der Waals surface area contributed by atoms with Crippen LogP contribution in [0.5, 0.6) is 0 Å². The molecular formula is C27H37N3O3. The summed E-state index contributed by atoms with van der Waals surface area (Å²) in [5, 5.41) is 11.4. The molecule has 0 radical (unpaired) electrons. The van der Waals surface area contributed by atoms with E-state index in [0.717, 1.165) is 56.1 Å². The van der Waals surface area contributed by atoms with E-state index in [1.54, 1.807) is 12.1 Å². The maximum atomic E-state index is 13.4. The third-order valence-corrected chi connectivity index (χ3v) is 7.78. The van der Waals surface area contributed by atoms with E-state index in [4.69, 9.17) is 0 Å². The summed E-state index contributed by atoms with van der Waals surface area (Å²) in [6.45, 7) is 6.62. The largest absolute Gasteiger partial charge is 0.336 e. The lowest BCUT2D eigenvalue weighted by atomic mass is 9.91. The quantitative estimate of drug-likeness (QED) is 0.239. The van der Waals surface area contributed by atoms with Crippen LogP contribution in [0.15, 0.2) is 41.5 Å². The van der Waals surface area contributed by atoms with Gasteiger partial charge in [-0.05, 0) is 62.2 Å². The van der Waals surface area contributed by atoms with Gasteiger partial charge < -0.3 is 4.90 Å². The van der Waals surface area contributed by atoms with Crippen molar-refractivity contribution >= 4 is 17.7 Å². The van der Waals surface area contributed by atoms with E-state index < -0.39 is 0 Å². The fraction of sp³-hybridized carbons (Fsp3) is 0.593. The Morgan fingerprint density at radius 1 is 1.03 bits per heavy atom. The Labute approximate surface area is 197 Å². The molecule has 1 aromatic rings. The zero-order valence-corrected chi connectivity index (χ0v) is 19.9. The molecular weight excluding hydrogens is 414 g/mol. The molecule has 2 saturated carbocycles. The van der Waals surface area contributed by atoms with E-state index in [2.05, 4.69) is 4.90 Å². The van der Waals surface area contributed by atoms with Crippen LogP contribution in [0.25, 0.3) is 6.08 Å². The number of piperazine rings is 1. The van der Waals surface area contributed by atoms with Crippen molar-refractivity contribution in [1.29, 1.82) is 0 Å². The van der Waals surface area contributed by atoms with Crippen LogP contribution < -0.4 is 0 Å². The number of hydrogen-bond acceptors (Lipinski definition) is 4. The Bertz CT molecular complexity index is 903. The molecule has 1 saturated heterocycles. The molecule has 6 heteroatoms. The number of benzene rings is 1. The van der Waals surface area contributed by atoms with E-state index in [-0.39, 0.29) is 16.5 Å². The van der Waals surface area contributed by atoms with E-state index in [9.17, 15) is 14.9 Å². The maximum absolute atomic E-state index is 13.4. The minimum atomic E-state index is -0.346. The molecule has 3 aliphatic rings. The molecule has 3 fully saturated rings. The number of amides is 1. The van der Waals surface area contributed by atoms with Gasteiger partial charge in [0.2, 0.25) is 5.91 Å². The molecule has 4 rings (SSSR count). The molecule has 1 amide bonds. The summed E-state index contributed by atoms with van der Waals surface area (Å²) in [5.74, 6) is 1.33. The third kappa shape index (κ3) is 5.91. The van der Waals surface area contributed by atoms with Crippen LogP contribution in [0.1, 0.15) is 63.9 Å². The van der Waals surface area contributed by atoms with Gasteiger partial charge in [-0.3, -0.25) is 19.8 Å². The molecule has 1 aliphatic heterocycles. The van der Waals surface area contributed by atoms with Gasteiger partial charge >= 0.3 is 0 Å². The summed E-state index contributed by atoms with van der Waals surface area (Å²) in [6.07, 6.45) is 13.8. The second kappa shape index (κ2) is 11.1. The number of nitro benzene ring substituents is 1. The van der Waals surface area contributed by atoms with Gasteiger partial charge in [-0.2, -0.15) is 0 Å². The van der Waals surface area contributed by atoms with Crippen molar-refractivity contribution in [2.24, 2.45) is 11.8 Å². The van der Waals surface area contributed by atoms with Gasteiger partial charge in [0.15, 0.2) is 0 Å². The van der Waals surface area contributed by atoms with Gasteiger partial charge in [0.25, 0.3) is 5.69 Å². The number of carbonyl (C=O) groups excluding carboxylic acids is 1. The van der Waals surface area contributed by atoms with Gasteiger partial charge in [-0.15, -0.1) is 0 Å². The molecule has 1 heterocycles. The monoisotopic (exact) mass is 451 g/mol. The third-order valence-electron chi connectivity index (χ3n) is 7.78. The van der Waals surface area contributed by atoms with Crippen LogP contribution in [0, 0.1) is 22.0 Å². The number of carbonyl (C=O) groups is 1. The lowest BCUT2D eigenvalue weighted by molar-refractivity contribution is -0.385. The van der Waals surface area contributed by atoms with Crippen LogP contribution in [0.3, 0.4) is 0 Å². The normalized spacial score (nSPS) is 21.7. The standard InChI is InChI=1S/C27H37N3O3/c1-21(27(31)29-18-16-28(17-19-29)20-22-8-2-3-9-22)25(23-10-4-5-11-23)15-14-24-12-6-7-13-26(24)30(32)33/h6-7,12-15,22-23H,2-5,8-11,16-20H2,1H3. The van der Waals surface area contributed by atoms with Crippen LogP contribution in [0.4, 0.5) is 5.69 Å². The maximum Gasteiger partial charge on any atom is 0.276 e. The van der Waals surface area contributed by atoms with Crippen molar-refractivity contribution in [3.05, 3.63) is 57.2 Å². The molecule has 1 aromatic carbocycles. The number of hydrogen-bond donors (Lipinski definition) is 0. The Kier molecular flexibility index (Phi) is 7.97. The summed E-state index contributed by atoms with van der Waals surface area (Å²) in [5.41, 5.74) is 2.55. The first-order valence-corrected chi connectivity index (χ1v) is 12.7. The molecule has 0 aromatic heterocycles. The van der Waals surface area contributed by atoms with E-state index >= 15 is 0 Å². The first-order valence-electron chi connectivity index (χ1n) is 12.7. The van der Waals surface area contributed by atoms with Gasteiger partial charge in [0.05, 0.1) is 10.5 Å². The number of rotatable bonds is 7. The van der Waals surface area contributed by atoms with Gasteiger partial charge in [-0.1, -0.05) is 43.9 Å². The fourth-order valence-corrected chi connectivity index (χ4v) is 5.83. The highest BCUT2D eigenvalue weighted by Crippen LogP contribution is 2.35. The van der Waals surface area contributed by atoms with Crippen molar-refractivity contribution < 1.29 is 9.72 Å². The summed E-state index contributed by atoms with van der Waals surface area (Å²) in [7, 11) is 0. The van der Waals surface area contributed by atoms with E-state index in [1.165, 1.54) is 51.1 Å². The Hall–Kier alpha value is -2.47. The lowest BCUT2D eigenvalue weighted by Crippen LogP contribution is -2.50. The minimum Gasteiger partial charge on any atom is -0.336 e. The predicted molar refractivity (Wildman–Crippen MR) is 132 cm³/mol. The van der Waals surface area contributed by atoms with Gasteiger partial charge in [-0.25, -0.2) is 0 Å². The zero-order valence-electron chi connectivity index (χ0n) is 19.9. The average molecular weight is 452 g/mol. The molecule has 33 heavy (non-hydrogen) atoms. The van der Waals surface area contributed by atoms with Crippen LogP contribution in [0.2, 0.25) is 0 Å². The molecule has 2 aliphatic carbocycles. The molecule has 0 atom stereocenters. The Morgan fingerprint density at radius 3 is 2.33 bits per heavy atom. The second-order valence-electron chi connectivity index (χ2n) is 9.95. The topological polar surface area (TPSA) is 66.7 Å². The van der Waals surface area contributed by atoms with Crippen molar-refractivity contribution in [2.75, 3.05) is 32.7 Å². The van der Waals surface area contributed by atoms with E-state index in [0.29, 0.717) is 11.5 Å². The highest BCUT2D eigenvalue weighted by Gasteiger charge is 2.28. The highest BCUT2D eigenvalue weighted by molar-refractivity contribution is 5.94. The number of para-hydroxylation sites is 1. The summed E-state index contributed by atoms with van der Waals surface area (Å²) < 4.78 is 0.